The van der Waals surface area contributed by atoms with Crippen molar-refractivity contribution in [3.63, 3.8) is 0 Å². The summed E-state index contributed by atoms with van der Waals surface area (Å²) in [6.45, 7) is 1.15. The predicted octanol–water partition coefficient (Wildman–Crippen LogP) is 2.78. The number of rotatable bonds is 10. The van der Waals surface area contributed by atoms with Gasteiger partial charge in [0.25, 0.3) is 11.8 Å². The normalized spacial score (nSPS) is 10.8. The second-order valence-electron chi connectivity index (χ2n) is 3.95. The molecule has 0 aliphatic heterocycles. The number of carbonyl (C=O) groups excluding carboxylic acids is 2. The minimum atomic E-state index is -1.00. The first-order chi connectivity index (χ1) is 8.95. The molecule has 0 fully saturated rings. The molecule has 19 heavy (non-hydrogen) atoms. The van der Waals surface area contributed by atoms with E-state index in [4.69, 9.17) is 46.4 Å². The van der Waals surface area contributed by atoms with Gasteiger partial charge in [-0.2, -0.15) is 0 Å². The Morgan fingerprint density at radius 3 is 1.32 bits per heavy atom. The van der Waals surface area contributed by atoms with Gasteiger partial charge in [0.2, 0.25) is 0 Å². The Balaban J connectivity index is 3.24. The zero-order valence-corrected chi connectivity index (χ0v) is 13.5. The second kappa shape index (κ2) is 11.9. The van der Waals surface area contributed by atoms with Gasteiger partial charge in [-0.3, -0.25) is 9.59 Å². The van der Waals surface area contributed by atoms with Gasteiger partial charge in [0, 0.05) is 13.1 Å². The van der Waals surface area contributed by atoms with Crippen molar-refractivity contribution in [3.05, 3.63) is 0 Å². The Morgan fingerprint density at radius 1 is 0.684 bits per heavy atom. The van der Waals surface area contributed by atoms with Crippen molar-refractivity contribution in [3.8, 4) is 0 Å². The summed E-state index contributed by atoms with van der Waals surface area (Å²) in [6, 6.07) is 0. The standard InChI is InChI=1S/C11H18Cl4N2O2/c12-8(13)10(18)16-6-4-2-1-3-5-7-17-11(19)9(14)15/h8-9H,1-7H2,(H,16,18)(H,17,19). The number of carbonyl (C=O) groups is 2. The minimum absolute atomic E-state index is 0.359. The highest BCUT2D eigenvalue weighted by molar-refractivity contribution is 6.53. The van der Waals surface area contributed by atoms with E-state index < -0.39 is 9.67 Å². The third kappa shape index (κ3) is 11.6. The Morgan fingerprint density at radius 2 is 1.00 bits per heavy atom. The highest BCUT2D eigenvalue weighted by Gasteiger charge is 2.10. The van der Waals surface area contributed by atoms with Gasteiger partial charge in [0.1, 0.15) is 0 Å². The van der Waals surface area contributed by atoms with Crippen LogP contribution in [0.25, 0.3) is 0 Å². The third-order valence-electron chi connectivity index (χ3n) is 2.35. The van der Waals surface area contributed by atoms with E-state index in [0.717, 1.165) is 32.1 Å². The highest BCUT2D eigenvalue weighted by Crippen LogP contribution is 2.04. The molecular formula is C11H18Cl4N2O2. The fourth-order valence-corrected chi connectivity index (χ4v) is 1.67. The van der Waals surface area contributed by atoms with Crippen molar-refractivity contribution in [2.75, 3.05) is 13.1 Å². The van der Waals surface area contributed by atoms with Gasteiger partial charge in [-0.15, -0.1) is 0 Å². The van der Waals surface area contributed by atoms with Crippen LogP contribution in [-0.4, -0.2) is 34.6 Å². The Bertz CT molecular complexity index is 249. The smallest absolute Gasteiger partial charge is 0.253 e. The maximum Gasteiger partial charge on any atom is 0.253 e. The van der Waals surface area contributed by atoms with Gasteiger partial charge in [0.05, 0.1) is 0 Å². The number of hydrogen-bond acceptors (Lipinski definition) is 2. The summed E-state index contributed by atoms with van der Waals surface area (Å²) < 4.78 is 0. The number of hydrogen-bond donors (Lipinski definition) is 2. The van der Waals surface area contributed by atoms with Crippen LogP contribution in [0, 0.1) is 0 Å². The molecule has 0 unspecified atom stereocenters. The lowest BCUT2D eigenvalue weighted by Crippen LogP contribution is -2.29. The molecule has 0 atom stereocenters. The molecular weight excluding hydrogens is 334 g/mol. The Hall–Kier alpha value is 0.1000. The molecule has 8 heteroatoms. The molecule has 0 rings (SSSR count). The van der Waals surface area contributed by atoms with Crippen molar-refractivity contribution >= 4 is 58.2 Å². The molecule has 0 saturated carbocycles. The fourth-order valence-electron chi connectivity index (χ4n) is 1.36. The largest absolute Gasteiger partial charge is 0.354 e. The zero-order chi connectivity index (χ0) is 14.7. The average molecular weight is 352 g/mol. The molecule has 0 heterocycles. The maximum absolute atomic E-state index is 11.0. The molecule has 0 saturated heterocycles. The molecule has 0 spiro atoms. The SMILES string of the molecule is O=C(NCCCCCCCNC(=O)C(Cl)Cl)C(Cl)Cl. The first-order valence-corrected chi connectivity index (χ1v) is 7.81. The number of halogens is 4. The monoisotopic (exact) mass is 350 g/mol. The van der Waals surface area contributed by atoms with Gasteiger partial charge >= 0.3 is 0 Å². The topological polar surface area (TPSA) is 58.2 Å². The van der Waals surface area contributed by atoms with Crippen LogP contribution < -0.4 is 10.6 Å². The van der Waals surface area contributed by atoms with Gasteiger partial charge in [-0.25, -0.2) is 0 Å². The summed E-state index contributed by atoms with van der Waals surface area (Å²) in [7, 11) is 0. The average Bonchev–Trinajstić information content (AvgIpc) is 2.35. The van der Waals surface area contributed by atoms with E-state index in [1.807, 2.05) is 0 Å². The zero-order valence-electron chi connectivity index (χ0n) is 10.4. The molecule has 4 nitrogen and oxygen atoms in total. The Labute approximate surface area is 133 Å². The van der Waals surface area contributed by atoms with E-state index >= 15 is 0 Å². The molecule has 2 N–H and O–H groups in total. The molecule has 0 aromatic carbocycles. The number of amides is 2. The first kappa shape index (κ1) is 19.1. The van der Waals surface area contributed by atoms with Crippen LogP contribution in [0.15, 0.2) is 0 Å². The van der Waals surface area contributed by atoms with Crippen LogP contribution in [0.4, 0.5) is 0 Å². The van der Waals surface area contributed by atoms with Crippen molar-refractivity contribution < 1.29 is 9.59 Å². The summed E-state index contributed by atoms with van der Waals surface area (Å²) in [5.41, 5.74) is 0. The van der Waals surface area contributed by atoms with Crippen molar-refractivity contribution in [2.24, 2.45) is 0 Å². The van der Waals surface area contributed by atoms with E-state index in [9.17, 15) is 9.59 Å². The highest BCUT2D eigenvalue weighted by atomic mass is 35.5. The quantitative estimate of drug-likeness (QED) is 0.469. The second-order valence-corrected chi connectivity index (χ2v) is 6.14. The van der Waals surface area contributed by atoms with Crippen LogP contribution >= 0.6 is 46.4 Å². The molecule has 0 radical (unpaired) electrons. The third-order valence-corrected chi connectivity index (χ3v) is 3.14. The summed E-state index contributed by atoms with van der Waals surface area (Å²) in [6.07, 6.45) is 4.78. The minimum Gasteiger partial charge on any atom is -0.354 e. The van der Waals surface area contributed by atoms with E-state index in [2.05, 4.69) is 10.6 Å². The number of nitrogens with one attached hydrogen (secondary N) is 2. The Kier molecular flexibility index (Phi) is 12.0. The molecule has 112 valence electrons. The van der Waals surface area contributed by atoms with E-state index in [1.165, 1.54) is 0 Å². The molecule has 0 aromatic rings. The molecule has 0 aliphatic carbocycles. The number of alkyl halides is 4. The lowest BCUT2D eigenvalue weighted by atomic mass is 10.1. The first-order valence-electron chi connectivity index (χ1n) is 6.07. The van der Waals surface area contributed by atoms with Crippen LogP contribution in [0.3, 0.4) is 0 Å². The number of unbranched alkanes of at least 4 members (excludes halogenated alkanes) is 4. The summed E-state index contributed by atoms with van der Waals surface area (Å²) >= 11 is 21.5. The van der Waals surface area contributed by atoms with Gasteiger partial charge in [0.15, 0.2) is 9.67 Å². The van der Waals surface area contributed by atoms with Gasteiger partial charge < -0.3 is 10.6 Å². The summed E-state index contributed by atoms with van der Waals surface area (Å²) in [5, 5.41) is 5.24. The van der Waals surface area contributed by atoms with Crippen LogP contribution in [0.1, 0.15) is 32.1 Å². The fraction of sp³-hybridized carbons (Fsp3) is 0.818. The van der Waals surface area contributed by atoms with E-state index in [-0.39, 0.29) is 11.8 Å². The van der Waals surface area contributed by atoms with Crippen molar-refractivity contribution in [1.29, 1.82) is 0 Å². The maximum atomic E-state index is 11.0. The lowest BCUT2D eigenvalue weighted by molar-refractivity contribution is -0.120. The van der Waals surface area contributed by atoms with Crippen LogP contribution in [0.5, 0.6) is 0 Å². The van der Waals surface area contributed by atoms with E-state index in [1.54, 1.807) is 0 Å². The summed E-state index contributed by atoms with van der Waals surface area (Å²) in [5.74, 6) is -0.717. The molecule has 0 bridgehead atoms. The van der Waals surface area contributed by atoms with E-state index in [0.29, 0.717) is 13.1 Å². The van der Waals surface area contributed by atoms with Gasteiger partial charge in [-0.1, -0.05) is 65.7 Å². The van der Waals surface area contributed by atoms with Crippen LogP contribution in [0.2, 0.25) is 0 Å². The van der Waals surface area contributed by atoms with Crippen molar-refractivity contribution in [2.45, 2.75) is 41.8 Å². The van der Waals surface area contributed by atoms with Gasteiger partial charge in [-0.05, 0) is 12.8 Å². The molecule has 0 aliphatic rings. The summed E-state index contributed by atoms with van der Waals surface area (Å²) in [4.78, 5) is 20.0. The van der Waals surface area contributed by atoms with Crippen LogP contribution in [-0.2, 0) is 9.59 Å². The predicted molar refractivity (Wildman–Crippen MR) is 80.1 cm³/mol. The lowest BCUT2D eigenvalue weighted by Gasteiger charge is -2.06. The molecule has 2 amide bonds. The van der Waals surface area contributed by atoms with Crippen molar-refractivity contribution in [1.82, 2.24) is 10.6 Å². The molecule has 0 aromatic heterocycles.